The van der Waals surface area contributed by atoms with E-state index in [-0.39, 0.29) is 22.7 Å². The van der Waals surface area contributed by atoms with E-state index in [1.165, 1.54) is 12.1 Å². The molecule has 0 aliphatic carbocycles. The van der Waals surface area contributed by atoms with Crippen molar-refractivity contribution in [2.24, 2.45) is 4.36 Å². The minimum Gasteiger partial charge on any atom is -0.276 e. The summed E-state index contributed by atoms with van der Waals surface area (Å²) >= 11 is 5.00. The van der Waals surface area contributed by atoms with Crippen LogP contribution in [0.5, 0.6) is 0 Å². The molecule has 15 heavy (non-hydrogen) atoms. The molecule has 0 N–H and O–H groups in total. The van der Waals surface area contributed by atoms with Gasteiger partial charge in [0.25, 0.3) is 10.9 Å². The van der Waals surface area contributed by atoms with Gasteiger partial charge in [-0.1, -0.05) is 0 Å². The molecule has 0 aromatic heterocycles. The molecule has 0 saturated heterocycles. The summed E-state index contributed by atoms with van der Waals surface area (Å²) in [5.74, 6) is 0. The van der Waals surface area contributed by atoms with Crippen LogP contribution in [0.3, 0.4) is 0 Å². The molecule has 0 bridgehead atoms. The fourth-order valence-electron chi connectivity index (χ4n) is 0.909. The second kappa shape index (κ2) is 4.76. The van der Waals surface area contributed by atoms with E-state index in [2.05, 4.69) is 4.36 Å². The standard InChI is InChI=1S/C7H3ClN2O4S/c8-7(11)4-1-2-5(9-15-14)6(3-4)10(12)13/h1-3H. The van der Waals surface area contributed by atoms with E-state index in [4.69, 9.17) is 11.6 Å². The predicted molar refractivity (Wildman–Crippen MR) is 53.5 cm³/mol. The Morgan fingerprint density at radius 1 is 1.53 bits per heavy atom. The Morgan fingerprint density at radius 3 is 2.67 bits per heavy atom. The van der Waals surface area contributed by atoms with Crippen molar-refractivity contribution < 1.29 is 13.9 Å². The largest absolute Gasteiger partial charge is 0.296 e. The first-order chi connectivity index (χ1) is 7.06. The number of nitro groups is 1. The van der Waals surface area contributed by atoms with Gasteiger partial charge in [-0.05, 0) is 23.7 Å². The van der Waals surface area contributed by atoms with E-state index in [0.717, 1.165) is 6.07 Å². The molecular weight excluding hydrogens is 244 g/mol. The van der Waals surface area contributed by atoms with Crippen LogP contribution in [0.2, 0.25) is 0 Å². The van der Waals surface area contributed by atoms with Gasteiger partial charge in [0.05, 0.1) is 4.92 Å². The van der Waals surface area contributed by atoms with E-state index in [1.54, 1.807) is 0 Å². The SMILES string of the molecule is O=S=Nc1ccc(C(=O)Cl)cc1[N+](=O)[O-]. The minimum absolute atomic E-state index is 0.0155. The Kier molecular flexibility index (Phi) is 3.64. The Morgan fingerprint density at radius 2 is 2.20 bits per heavy atom. The summed E-state index contributed by atoms with van der Waals surface area (Å²) in [6, 6.07) is 3.43. The summed E-state index contributed by atoms with van der Waals surface area (Å²) < 4.78 is 13.4. The summed E-state index contributed by atoms with van der Waals surface area (Å²) in [6.45, 7) is 0. The average molecular weight is 247 g/mol. The first kappa shape index (κ1) is 11.5. The van der Waals surface area contributed by atoms with Gasteiger partial charge in [-0.25, -0.2) is 0 Å². The molecule has 0 unspecified atom stereocenters. The fourth-order valence-corrected chi connectivity index (χ4v) is 1.26. The lowest BCUT2D eigenvalue weighted by molar-refractivity contribution is -0.384. The highest BCUT2D eigenvalue weighted by atomic mass is 35.5. The van der Waals surface area contributed by atoms with E-state index in [1.807, 2.05) is 0 Å². The molecule has 0 aliphatic heterocycles. The molecule has 0 atom stereocenters. The summed E-state index contributed by atoms with van der Waals surface area (Å²) in [4.78, 5) is 20.5. The second-order valence-corrected chi connectivity index (χ2v) is 3.08. The number of hydrogen-bond acceptors (Lipinski definition) is 5. The van der Waals surface area contributed by atoms with Crippen LogP contribution in [0.4, 0.5) is 11.4 Å². The summed E-state index contributed by atoms with van der Waals surface area (Å²) in [6.07, 6.45) is 0. The van der Waals surface area contributed by atoms with Crippen LogP contribution in [0.1, 0.15) is 10.4 Å². The smallest absolute Gasteiger partial charge is 0.276 e. The number of nitrogens with zero attached hydrogens (tertiary/aromatic N) is 2. The first-order valence-electron chi connectivity index (χ1n) is 3.54. The number of rotatable bonds is 3. The van der Waals surface area contributed by atoms with Crippen molar-refractivity contribution in [1.29, 1.82) is 0 Å². The summed E-state index contributed by atoms with van der Waals surface area (Å²) in [5, 5.41) is 9.75. The number of nitro benzene ring substituents is 1. The number of hydrogen-bond donors (Lipinski definition) is 0. The maximum Gasteiger partial charge on any atom is 0.296 e. The van der Waals surface area contributed by atoms with Gasteiger partial charge in [-0.3, -0.25) is 14.9 Å². The van der Waals surface area contributed by atoms with Gasteiger partial charge in [0.15, 0.2) is 5.69 Å². The Labute approximate surface area is 92.3 Å². The number of carbonyl (C=O) groups excluding carboxylic acids is 1. The molecule has 1 aromatic rings. The van der Waals surface area contributed by atoms with Gasteiger partial charge in [0.2, 0.25) is 11.5 Å². The predicted octanol–water partition coefficient (Wildman–Crippen LogP) is 2.00. The van der Waals surface area contributed by atoms with Crippen LogP contribution < -0.4 is 0 Å². The Hall–Kier alpha value is -1.60. The zero-order valence-electron chi connectivity index (χ0n) is 7.05. The van der Waals surface area contributed by atoms with Crippen LogP contribution in [-0.4, -0.2) is 14.4 Å². The third-order valence-electron chi connectivity index (χ3n) is 1.53. The van der Waals surface area contributed by atoms with Gasteiger partial charge in [-0.2, -0.15) is 4.21 Å². The first-order valence-corrected chi connectivity index (χ1v) is 4.62. The Bertz CT molecular complexity index is 484. The molecule has 8 heteroatoms. The third-order valence-corrected chi connectivity index (χ3v) is 2.02. The van der Waals surface area contributed by atoms with Crippen LogP contribution in [0.25, 0.3) is 0 Å². The van der Waals surface area contributed by atoms with Crippen LogP contribution >= 0.6 is 11.6 Å². The van der Waals surface area contributed by atoms with Gasteiger partial charge < -0.3 is 0 Å². The van der Waals surface area contributed by atoms with Crippen molar-refractivity contribution in [3.8, 4) is 0 Å². The van der Waals surface area contributed by atoms with Crippen molar-refractivity contribution in [2.45, 2.75) is 0 Å². The molecule has 0 amide bonds. The number of benzene rings is 1. The minimum atomic E-state index is -0.806. The lowest BCUT2D eigenvalue weighted by atomic mass is 10.2. The Balaban J connectivity index is 3.39. The lowest BCUT2D eigenvalue weighted by Gasteiger charge is -1.97. The molecule has 0 saturated carbocycles. The molecule has 0 radical (unpaired) electrons. The zero-order valence-corrected chi connectivity index (χ0v) is 8.62. The summed E-state index contributed by atoms with van der Waals surface area (Å²) in [7, 11) is 0. The number of halogens is 1. The topological polar surface area (TPSA) is 89.6 Å². The van der Waals surface area contributed by atoms with Crippen molar-refractivity contribution >= 4 is 39.7 Å². The molecule has 0 spiro atoms. The average Bonchev–Trinajstić information content (AvgIpc) is 2.18. The second-order valence-electron chi connectivity index (χ2n) is 2.40. The molecule has 1 aromatic carbocycles. The van der Waals surface area contributed by atoms with Crippen molar-refractivity contribution in [2.75, 3.05) is 0 Å². The maximum absolute atomic E-state index is 10.7. The molecule has 78 valence electrons. The van der Waals surface area contributed by atoms with Gasteiger partial charge in [-0.15, -0.1) is 4.36 Å². The summed E-state index contributed by atoms with van der Waals surface area (Å²) in [5.41, 5.74) is -0.537. The van der Waals surface area contributed by atoms with Crippen LogP contribution in [-0.2, 0) is 11.5 Å². The highest BCUT2D eigenvalue weighted by Crippen LogP contribution is 2.28. The lowest BCUT2D eigenvalue weighted by Crippen LogP contribution is -1.93. The van der Waals surface area contributed by atoms with Gasteiger partial charge >= 0.3 is 0 Å². The van der Waals surface area contributed by atoms with Crippen molar-refractivity contribution in [3.05, 3.63) is 33.9 Å². The van der Waals surface area contributed by atoms with E-state index >= 15 is 0 Å². The maximum atomic E-state index is 10.7. The van der Waals surface area contributed by atoms with E-state index in [9.17, 15) is 19.1 Å². The van der Waals surface area contributed by atoms with Crippen LogP contribution in [0.15, 0.2) is 22.6 Å². The highest BCUT2D eigenvalue weighted by molar-refractivity contribution is 7.54. The molecule has 0 heterocycles. The number of carbonyl (C=O) groups is 1. The molecular formula is C7H3ClN2O4S. The quantitative estimate of drug-likeness (QED) is 0.463. The highest BCUT2D eigenvalue weighted by Gasteiger charge is 2.16. The van der Waals surface area contributed by atoms with Gasteiger partial charge in [0.1, 0.15) is 0 Å². The van der Waals surface area contributed by atoms with Crippen molar-refractivity contribution in [1.82, 2.24) is 0 Å². The molecule has 0 fully saturated rings. The van der Waals surface area contributed by atoms with E-state index in [0.29, 0.717) is 0 Å². The molecule has 0 aliphatic rings. The van der Waals surface area contributed by atoms with Crippen LogP contribution in [0, 0.1) is 10.1 Å². The van der Waals surface area contributed by atoms with Gasteiger partial charge in [0, 0.05) is 11.6 Å². The molecule has 6 nitrogen and oxygen atoms in total. The third kappa shape index (κ3) is 2.67. The fraction of sp³-hybridized carbons (Fsp3) is 0. The monoisotopic (exact) mass is 246 g/mol. The normalized spacial score (nSPS) is 9.40. The van der Waals surface area contributed by atoms with Crippen molar-refractivity contribution in [3.63, 3.8) is 0 Å². The van der Waals surface area contributed by atoms with E-state index < -0.39 is 15.9 Å². The zero-order chi connectivity index (χ0) is 11.4. The molecule has 1 rings (SSSR count).